The largest absolute Gasteiger partial charge is 0.313 e. The van der Waals surface area contributed by atoms with Crippen molar-refractivity contribution in [3.8, 4) is 0 Å². The van der Waals surface area contributed by atoms with Gasteiger partial charge in [0, 0.05) is 36.2 Å². The number of aromatic nitrogens is 1. The van der Waals surface area contributed by atoms with Gasteiger partial charge in [0.25, 0.3) is 0 Å². The molecule has 1 saturated heterocycles. The Morgan fingerprint density at radius 1 is 1.47 bits per heavy atom. The van der Waals surface area contributed by atoms with Crippen molar-refractivity contribution in [2.75, 3.05) is 13.1 Å². The number of nitrogens with zero attached hydrogens (tertiary/aromatic N) is 2. The molecule has 1 unspecified atom stereocenters. The fourth-order valence-corrected chi connectivity index (χ4v) is 3.54. The van der Waals surface area contributed by atoms with Crippen molar-refractivity contribution in [3.05, 3.63) is 15.5 Å². The van der Waals surface area contributed by atoms with E-state index in [0.29, 0.717) is 10.5 Å². The van der Waals surface area contributed by atoms with Gasteiger partial charge < -0.3 is 5.32 Å². The van der Waals surface area contributed by atoms with E-state index in [4.69, 9.17) is 11.6 Å². The molecule has 0 spiro atoms. The molecule has 3 rings (SSSR count). The van der Waals surface area contributed by atoms with E-state index >= 15 is 0 Å². The first-order valence-electron chi connectivity index (χ1n) is 6.39. The molecule has 5 heteroatoms. The molecule has 1 atom stereocenters. The maximum atomic E-state index is 5.89. The minimum absolute atomic E-state index is 0.662. The van der Waals surface area contributed by atoms with Crippen molar-refractivity contribution in [1.29, 1.82) is 0 Å². The van der Waals surface area contributed by atoms with Crippen molar-refractivity contribution >= 4 is 22.9 Å². The molecule has 2 aliphatic rings. The number of nitrogens with one attached hydrogen (secondary N) is 1. The molecule has 3 nitrogen and oxygen atoms in total. The Hall–Kier alpha value is -0.160. The van der Waals surface area contributed by atoms with Crippen molar-refractivity contribution in [2.24, 2.45) is 0 Å². The molecule has 1 aromatic rings. The molecule has 1 saturated carbocycles. The molecule has 94 valence electrons. The van der Waals surface area contributed by atoms with Crippen molar-refractivity contribution in [1.82, 2.24) is 15.2 Å². The second-order valence-corrected chi connectivity index (χ2v) is 6.73. The number of hydrogen-bond acceptors (Lipinski definition) is 4. The first-order valence-corrected chi connectivity index (χ1v) is 7.58. The highest BCUT2D eigenvalue weighted by Crippen LogP contribution is 2.30. The summed E-state index contributed by atoms with van der Waals surface area (Å²) < 4.78 is 0.662. The topological polar surface area (TPSA) is 28.2 Å². The first kappa shape index (κ1) is 11.9. The molecular formula is C12H18ClN3S. The first-order chi connectivity index (χ1) is 8.31. The van der Waals surface area contributed by atoms with Crippen LogP contribution >= 0.6 is 22.9 Å². The highest BCUT2D eigenvalue weighted by Gasteiger charge is 2.31. The van der Waals surface area contributed by atoms with E-state index < -0.39 is 0 Å². The summed E-state index contributed by atoms with van der Waals surface area (Å²) >= 11 is 7.50. The van der Waals surface area contributed by atoms with Crippen LogP contribution in [0.1, 0.15) is 30.6 Å². The van der Waals surface area contributed by atoms with Crippen LogP contribution in [0.3, 0.4) is 0 Å². The number of thiazole rings is 1. The van der Waals surface area contributed by atoms with E-state index in [9.17, 15) is 0 Å². The zero-order chi connectivity index (χ0) is 11.7. The molecule has 2 fully saturated rings. The lowest BCUT2D eigenvalue weighted by Gasteiger charge is -2.24. The van der Waals surface area contributed by atoms with Gasteiger partial charge in [-0.3, -0.25) is 4.90 Å². The van der Waals surface area contributed by atoms with E-state index in [2.05, 4.69) is 15.2 Å². The summed E-state index contributed by atoms with van der Waals surface area (Å²) in [6.07, 6.45) is 7.30. The summed E-state index contributed by atoms with van der Waals surface area (Å²) in [5.41, 5.74) is 0. The van der Waals surface area contributed by atoms with Gasteiger partial charge in [-0.2, -0.15) is 0 Å². The molecule has 0 amide bonds. The molecular weight excluding hydrogens is 254 g/mol. The number of hydrogen-bond donors (Lipinski definition) is 1. The van der Waals surface area contributed by atoms with Crippen molar-refractivity contribution in [2.45, 2.75) is 44.3 Å². The summed E-state index contributed by atoms with van der Waals surface area (Å²) in [5, 5.41) is 3.58. The van der Waals surface area contributed by atoms with Gasteiger partial charge >= 0.3 is 0 Å². The third kappa shape index (κ3) is 3.19. The molecule has 1 aliphatic heterocycles. The SMILES string of the molecule is Clc1ncc(CN(CC2CCCN2)C2CC2)s1. The van der Waals surface area contributed by atoms with E-state index in [0.717, 1.165) is 12.6 Å². The van der Waals surface area contributed by atoms with E-state index in [1.54, 1.807) is 11.3 Å². The number of rotatable bonds is 5. The van der Waals surface area contributed by atoms with Crippen LogP contribution in [0, 0.1) is 0 Å². The average Bonchev–Trinajstić information content (AvgIpc) is 2.89. The van der Waals surface area contributed by atoms with Gasteiger partial charge in [0.15, 0.2) is 4.47 Å². The van der Waals surface area contributed by atoms with Crippen LogP contribution in [0.2, 0.25) is 4.47 Å². The second kappa shape index (κ2) is 5.22. The van der Waals surface area contributed by atoms with Gasteiger partial charge in [-0.15, -0.1) is 11.3 Å². The highest BCUT2D eigenvalue weighted by molar-refractivity contribution is 7.15. The van der Waals surface area contributed by atoms with Crippen molar-refractivity contribution < 1.29 is 0 Å². The summed E-state index contributed by atoms with van der Waals surface area (Å²) in [7, 11) is 0. The number of halogens is 1. The fourth-order valence-electron chi connectivity index (χ4n) is 2.53. The predicted molar refractivity (Wildman–Crippen MR) is 71.6 cm³/mol. The van der Waals surface area contributed by atoms with Crippen LogP contribution in [-0.4, -0.2) is 35.1 Å². The lowest BCUT2D eigenvalue weighted by molar-refractivity contribution is 0.233. The lowest BCUT2D eigenvalue weighted by Crippen LogP contribution is -2.38. The van der Waals surface area contributed by atoms with Gasteiger partial charge in [-0.05, 0) is 32.2 Å². The zero-order valence-corrected chi connectivity index (χ0v) is 11.4. The van der Waals surface area contributed by atoms with Crippen LogP contribution < -0.4 is 5.32 Å². The third-order valence-electron chi connectivity index (χ3n) is 3.56. The van der Waals surface area contributed by atoms with Gasteiger partial charge in [-0.1, -0.05) is 11.6 Å². The smallest absolute Gasteiger partial charge is 0.183 e. The third-order valence-corrected chi connectivity index (χ3v) is 4.66. The maximum absolute atomic E-state index is 5.89. The van der Waals surface area contributed by atoms with Crippen LogP contribution in [0.5, 0.6) is 0 Å². The molecule has 1 aliphatic carbocycles. The standard InChI is InChI=1S/C12H18ClN3S/c13-12-15-6-11(17-12)8-16(10-3-4-10)7-9-2-1-5-14-9/h6,9-10,14H,1-5,7-8H2. The lowest BCUT2D eigenvalue weighted by atomic mass is 10.2. The van der Waals surface area contributed by atoms with Gasteiger partial charge in [0.1, 0.15) is 0 Å². The molecule has 1 aromatic heterocycles. The predicted octanol–water partition coefficient (Wildman–Crippen LogP) is 2.51. The minimum atomic E-state index is 0.662. The van der Waals surface area contributed by atoms with E-state index in [1.165, 1.54) is 43.6 Å². The van der Waals surface area contributed by atoms with Gasteiger partial charge in [-0.25, -0.2) is 4.98 Å². The Morgan fingerprint density at radius 3 is 2.94 bits per heavy atom. The van der Waals surface area contributed by atoms with E-state index in [1.807, 2.05) is 6.20 Å². The van der Waals surface area contributed by atoms with E-state index in [-0.39, 0.29) is 0 Å². The molecule has 1 N–H and O–H groups in total. The van der Waals surface area contributed by atoms with Gasteiger partial charge in [0.05, 0.1) is 0 Å². The normalized spacial score (nSPS) is 24.7. The Morgan fingerprint density at radius 2 is 2.35 bits per heavy atom. The molecule has 17 heavy (non-hydrogen) atoms. The Kier molecular flexibility index (Phi) is 3.66. The molecule has 0 aromatic carbocycles. The van der Waals surface area contributed by atoms with Crippen LogP contribution in [-0.2, 0) is 6.54 Å². The van der Waals surface area contributed by atoms with Crippen molar-refractivity contribution in [3.63, 3.8) is 0 Å². The quantitative estimate of drug-likeness (QED) is 0.892. The summed E-state index contributed by atoms with van der Waals surface area (Å²) in [5.74, 6) is 0. The fraction of sp³-hybridized carbons (Fsp3) is 0.750. The Labute approximate surface area is 111 Å². The monoisotopic (exact) mass is 271 g/mol. The average molecular weight is 272 g/mol. The highest BCUT2D eigenvalue weighted by atomic mass is 35.5. The minimum Gasteiger partial charge on any atom is -0.313 e. The second-order valence-electron chi connectivity index (χ2n) is 5.03. The Balaban J connectivity index is 1.59. The maximum Gasteiger partial charge on any atom is 0.183 e. The van der Waals surface area contributed by atoms with Crippen LogP contribution in [0.4, 0.5) is 0 Å². The molecule has 0 radical (unpaired) electrons. The molecule has 2 heterocycles. The summed E-state index contributed by atoms with van der Waals surface area (Å²) in [6, 6.07) is 1.50. The Bertz CT molecular complexity index is 372. The molecule has 0 bridgehead atoms. The summed E-state index contributed by atoms with van der Waals surface area (Å²) in [6.45, 7) is 3.39. The van der Waals surface area contributed by atoms with Crippen LogP contribution in [0.25, 0.3) is 0 Å². The zero-order valence-electron chi connectivity index (χ0n) is 9.86. The van der Waals surface area contributed by atoms with Crippen LogP contribution in [0.15, 0.2) is 6.20 Å². The van der Waals surface area contributed by atoms with Gasteiger partial charge in [0.2, 0.25) is 0 Å². The summed E-state index contributed by atoms with van der Waals surface area (Å²) in [4.78, 5) is 8.02.